The Balaban J connectivity index is 1.45. The van der Waals surface area contributed by atoms with Gasteiger partial charge in [0.05, 0.1) is 32.5 Å². The van der Waals surface area contributed by atoms with Crippen molar-refractivity contribution in [2.45, 2.75) is 38.8 Å². The van der Waals surface area contributed by atoms with Gasteiger partial charge < -0.3 is 29.4 Å². The molecule has 2 saturated heterocycles. The van der Waals surface area contributed by atoms with Crippen LogP contribution in [0.2, 0.25) is 0 Å². The fourth-order valence-electron chi connectivity index (χ4n) is 4.49. The van der Waals surface area contributed by atoms with Gasteiger partial charge in [-0.25, -0.2) is 0 Å². The van der Waals surface area contributed by atoms with E-state index in [1.54, 1.807) is 0 Å². The van der Waals surface area contributed by atoms with Crippen molar-refractivity contribution in [1.29, 1.82) is 0 Å². The quantitative estimate of drug-likeness (QED) is 0.494. The highest BCUT2D eigenvalue weighted by Crippen LogP contribution is 2.20. The van der Waals surface area contributed by atoms with E-state index >= 15 is 0 Å². The third kappa shape index (κ3) is 6.91. The lowest BCUT2D eigenvalue weighted by atomic mass is 10.1. The molecule has 3 heterocycles. The van der Waals surface area contributed by atoms with Gasteiger partial charge >= 0.3 is 0 Å². The van der Waals surface area contributed by atoms with Gasteiger partial charge in [0.2, 0.25) is 0 Å². The minimum Gasteiger partial charge on any atom is -0.494 e. The molecule has 34 heavy (non-hydrogen) atoms. The Kier molecular flexibility index (Phi) is 9.15. The molecule has 0 amide bonds. The number of morpholine rings is 1. The molecule has 1 aromatic heterocycles. The van der Waals surface area contributed by atoms with Gasteiger partial charge in [-0.2, -0.15) is 0 Å². The van der Waals surface area contributed by atoms with Gasteiger partial charge in [-0.15, -0.1) is 0 Å². The van der Waals surface area contributed by atoms with Gasteiger partial charge in [0.1, 0.15) is 5.75 Å². The molecule has 0 bridgehead atoms. The monoisotopic (exact) mass is 488 g/mol. The molecule has 9 heteroatoms. The zero-order chi connectivity index (χ0) is 23.8. The summed E-state index contributed by atoms with van der Waals surface area (Å²) < 4.78 is 16.8. The second-order valence-electron chi connectivity index (χ2n) is 8.86. The predicted molar refractivity (Wildman–Crippen MR) is 138 cm³/mol. The Morgan fingerprint density at radius 3 is 2.91 bits per heavy atom. The molecule has 4 rings (SSSR count). The van der Waals surface area contributed by atoms with Crippen molar-refractivity contribution < 1.29 is 14.2 Å². The third-order valence-corrected chi connectivity index (χ3v) is 6.77. The van der Waals surface area contributed by atoms with Crippen LogP contribution in [0, 0.1) is 0 Å². The molecule has 1 atom stereocenters. The molecule has 2 N–H and O–H groups in total. The van der Waals surface area contributed by atoms with E-state index in [1.165, 1.54) is 0 Å². The molecule has 2 fully saturated rings. The summed E-state index contributed by atoms with van der Waals surface area (Å²) in [6.45, 7) is 9.80. The smallest absolute Gasteiger partial charge is 0.253 e. The van der Waals surface area contributed by atoms with E-state index in [2.05, 4.69) is 20.1 Å². The molecule has 2 aromatic rings. The summed E-state index contributed by atoms with van der Waals surface area (Å²) in [5.74, 6) is 0.795. The van der Waals surface area contributed by atoms with Gasteiger partial charge in [0.25, 0.3) is 5.56 Å². The van der Waals surface area contributed by atoms with E-state index in [9.17, 15) is 4.79 Å². The lowest BCUT2D eigenvalue weighted by Gasteiger charge is -2.30. The number of thiocarbonyl (C=S) groups is 1. The van der Waals surface area contributed by atoms with Gasteiger partial charge in [0.15, 0.2) is 5.11 Å². The Bertz CT molecular complexity index is 1000. The molecule has 0 spiro atoms. The zero-order valence-corrected chi connectivity index (χ0v) is 20.8. The SMILES string of the molecule is CCOc1ccc2[nH]c(=O)c(CN(CCCN3CCOCC3)C(=S)NCC3CCCO3)cc2c1. The van der Waals surface area contributed by atoms with E-state index in [1.807, 2.05) is 31.2 Å². The van der Waals surface area contributed by atoms with Crippen LogP contribution in [0.3, 0.4) is 0 Å². The first kappa shape index (κ1) is 24.9. The maximum atomic E-state index is 12.9. The van der Waals surface area contributed by atoms with Crippen molar-refractivity contribution in [2.75, 3.05) is 59.2 Å². The van der Waals surface area contributed by atoms with Crippen LogP contribution in [0.5, 0.6) is 5.75 Å². The number of aromatic nitrogens is 1. The van der Waals surface area contributed by atoms with Crippen LogP contribution in [-0.2, 0) is 16.0 Å². The number of hydrogen-bond donors (Lipinski definition) is 2. The molecule has 0 saturated carbocycles. The zero-order valence-electron chi connectivity index (χ0n) is 20.0. The van der Waals surface area contributed by atoms with Crippen LogP contribution in [0.25, 0.3) is 10.9 Å². The summed E-state index contributed by atoms with van der Waals surface area (Å²) in [6.07, 6.45) is 3.31. The molecule has 0 radical (unpaired) electrons. The van der Waals surface area contributed by atoms with Crippen LogP contribution in [-0.4, -0.2) is 85.2 Å². The fraction of sp³-hybridized carbons (Fsp3) is 0.600. The van der Waals surface area contributed by atoms with E-state index in [0.717, 1.165) is 81.9 Å². The maximum absolute atomic E-state index is 12.9. The van der Waals surface area contributed by atoms with E-state index in [-0.39, 0.29) is 11.7 Å². The summed E-state index contributed by atoms with van der Waals surface area (Å²) >= 11 is 5.77. The second kappa shape index (κ2) is 12.5. The lowest BCUT2D eigenvalue weighted by Crippen LogP contribution is -2.44. The number of benzene rings is 1. The van der Waals surface area contributed by atoms with E-state index in [0.29, 0.717) is 30.4 Å². The van der Waals surface area contributed by atoms with Crippen molar-refractivity contribution in [1.82, 2.24) is 20.1 Å². The first-order valence-electron chi connectivity index (χ1n) is 12.4. The molecule has 2 aliphatic rings. The summed E-state index contributed by atoms with van der Waals surface area (Å²) in [7, 11) is 0. The van der Waals surface area contributed by atoms with Gasteiger partial charge in [-0.05, 0) is 62.7 Å². The molecule has 1 unspecified atom stereocenters. The van der Waals surface area contributed by atoms with Gasteiger partial charge in [0, 0.05) is 55.8 Å². The van der Waals surface area contributed by atoms with Crippen LogP contribution < -0.4 is 15.6 Å². The number of aromatic amines is 1. The molecular formula is C25H36N4O4S. The number of hydrogen-bond acceptors (Lipinski definition) is 6. The minimum atomic E-state index is -0.0863. The average Bonchev–Trinajstić information content (AvgIpc) is 3.37. The highest BCUT2D eigenvalue weighted by Gasteiger charge is 2.19. The Morgan fingerprint density at radius 1 is 1.29 bits per heavy atom. The van der Waals surface area contributed by atoms with Crippen molar-refractivity contribution in [3.05, 3.63) is 40.2 Å². The minimum absolute atomic E-state index is 0.0863. The number of fused-ring (bicyclic) bond motifs is 1. The number of rotatable bonds is 10. The second-order valence-corrected chi connectivity index (χ2v) is 9.24. The van der Waals surface area contributed by atoms with E-state index < -0.39 is 0 Å². The van der Waals surface area contributed by atoms with Crippen LogP contribution >= 0.6 is 12.2 Å². The fourth-order valence-corrected chi connectivity index (χ4v) is 4.73. The Morgan fingerprint density at radius 2 is 2.15 bits per heavy atom. The van der Waals surface area contributed by atoms with Crippen LogP contribution in [0.4, 0.5) is 0 Å². The lowest BCUT2D eigenvalue weighted by molar-refractivity contribution is 0.0367. The van der Waals surface area contributed by atoms with Crippen molar-refractivity contribution in [2.24, 2.45) is 0 Å². The van der Waals surface area contributed by atoms with Crippen molar-refractivity contribution in [3.63, 3.8) is 0 Å². The first-order valence-corrected chi connectivity index (χ1v) is 12.8. The Labute approximate surface area is 206 Å². The summed E-state index contributed by atoms with van der Waals surface area (Å²) in [6, 6.07) is 7.69. The van der Waals surface area contributed by atoms with Crippen molar-refractivity contribution >= 4 is 28.2 Å². The Hall–Kier alpha value is -2.20. The predicted octanol–water partition coefficient (Wildman–Crippen LogP) is 2.50. The third-order valence-electron chi connectivity index (χ3n) is 6.36. The summed E-state index contributed by atoms with van der Waals surface area (Å²) in [4.78, 5) is 20.4. The normalized spacial score (nSPS) is 18.8. The number of nitrogens with one attached hydrogen (secondary N) is 2. The standard InChI is InChI=1S/C25H36N4O4S/c1-2-32-21-6-7-23-19(16-21)15-20(24(30)27-23)18-29(9-4-8-28-10-13-31-14-11-28)25(34)26-17-22-5-3-12-33-22/h6-7,15-16,22H,2-5,8-14,17-18H2,1H3,(H,26,34)(H,27,30). The van der Waals surface area contributed by atoms with Crippen LogP contribution in [0.15, 0.2) is 29.1 Å². The molecule has 2 aliphatic heterocycles. The number of pyridine rings is 1. The number of H-pyrrole nitrogens is 1. The number of ether oxygens (including phenoxy) is 3. The number of nitrogens with zero attached hydrogens (tertiary/aromatic N) is 2. The van der Waals surface area contributed by atoms with E-state index in [4.69, 9.17) is 26.4 Å². The molecule has 8 nitrogen and oxygen atoms in total. The summed E-state index contributed by atoms with van der Waals surface area (Å²) in [5, 5.41) is 5.00. The summed E-state index contributed by atoms with van der Waals surface area (Å²) in [5.41, 5.74) is 1.40. The molecule has 1 aromatic carbocycles. The van der Waals surface area contributed by atoms with Gasteiger partial charge in [-0.3, -0.25) is 9.69 Å². The largest absolute Gasteiger partial charge is 0.494 e. The molecular weight excluding hydrogens is 452 g/mol. The van der Waals surface area contributed by atoms with Crippen molar-refractivity contribution in [3.8, 4) is 5.75 Å². The maximum Gasteiger partial charge on any atom is 0.253 e. The topological polar surface area (TPSA) is 79.1 Å². The molecule has 0 aliphatic carbocycles. The molecule has 186 valence electrons. The first-order chi connectivity index (χ1) is 16.6. The average molecular weight is 489 g/mol. The van der Waals surface area contributed by atoms with Gasteiger partial charge in [-0.1, -0.05) is 0 Å². The highest BCUT2D eigenvalue weighted by atomic mass is 32.1. The van der Waals surface area contributed by atoms with Crippen LogP contribution in [0.1, 0.15) is 31.7 Å². The highest BCUT2D eigenvalue weighted by molar-refractivity contribution is 7.80.